The van der Waals surface area contributed by atoms with Crippen LogP contribution < -0.4 is 4.74 Å². The Balaban J connectivity index is 1.35. The van der Waals surface area contributed by atoms with E-state index in [9.17, 15) is 37.5 Å². The minimum Gasteiger partial charge on any atom is -0.457 e. The Labute approximate surface area is 379 Å². The van der Waals surface area contributed by atoms with Crippen LogP contribution in [-0.4, -0.2) is 116 Å². The lowest BCUT2D eigenvalue weighted by molar-refractivity contribution is -0.166. The van der Waals surface area contributed by atoms with E-state index < -0.39 is 91.3 Å². The van der Waals surface area contributed by atoms with E-state index in [0.29, 0.717) is 24.4 Å². The van der Waals surface area contributed by atoms with E-state index in [1.807, 2.05) is 30.6 Å². The molecule has 0 saturated carbocycles. The van der Waals surface area contributed by atoms with Gasteiger partial charge in [-0.15, -0.1) is 0 Å². The number of amides is 3. The average molecular weight is 932 g/mol. The number of benzene rings is 3. The average Bonchev–Trinajstić information content (AvgIpc) is 3.59. The number of Topliss-reactive ketones (excluding diaryl/α,β-unsaturated/α-hetero) is 1. The van der Waals surface area contributed by atoms with Gasteiger partial charge in [0.2, 0.25) is 17.7 Å². The van der Waals surface area contributed by atoms with Crippen LogP contribution in [0, 0.1) is 17.7 Å². The van der Waals surface area contributed by atoms with Crippen molar-refractivity contribution in [2.45, 2.75) is 76.3 Å². The van der Waals surface area contributed by atoms with Crippen LogP contribution >= 0.6 is 23.2 Å². The summed E-state index contributed by atoms with van der Waals surface area (Å²) >= 11 is 12.4. The number of hydrogen-bond acceptors (Lipinski definition) is 8. The molecule has 344 valence electrons. The second kappa shape index (κ2) is 20.0. The number of ether oxygens (including phenoxy) is 1. The number of carbonyl (C=O) groups is 4. The zero-order chi connectivity index (χ0) is 46.7. The fraction of sp³-hybridized carbons (Fsp3) is 0.457. The monoisotopic (exact) mass is 930 g/mol. The number of rotatable bonds is 11. The molecule has 12 nitrogen and oxygen atoms in total. The van der Waals surface area contributed by atoms with Gasteiger partial charge in [-0.2, -0.15) is 13.2 Å². The molecule has 3 heterocycles. The van der Waals surface area contributed by atoms with Crippen molar-refractivity contribution in [2.24, 2.45) is 18.9 Å². The topological polar surface area (TPSA) is 129 Å². The number of aromatic nitrogens is 2. The van der Waals surface area contributed by atoms with Crippen LogP contribution in [0.15, 0.2) is 66.9 Å². The molecule has 0 spiro atoms. The van der Waals surface area contributed by atoms with E-state index in [4.69, 9.17) is 27.9 Å². The number of alkyl halides is 3. The molecule has 2 aliphatic heterocycles. The summed E-state index contributed by atoms with van der Waals surface area (Å²) in [5.74, 6) is -6.54. The number of carbonyl (C=O) groups excluding carboxylic acids is 4. The van der Waals surface area contributed by atoms with Gasteiger partial charge < -0.3 is 34.0 Å². The van der Waals surface area contributed by atoms with Crippen LogP contribution in [0.1, 0.15) is 56.0 Å². The highest BCUT2D eigenvalue weighted by Crippen LogP contribution is 2.38. The minimum absolute atomic E-state index is 0.0606. The van der Waals surface area contributed by atoms with Crippen LogP contribution in [0.4, 0.5) is 17.6 Å². The Morgan fingerprint density at radius 2 is 1.62 bits per heavy atom. The van der Waals surface area contributed by atoms with E-state index in [2.05, 4.69) is 4.98 Å². The quantitative estimate of drug-likeness (QED) is 0.152. The van der Waals surface area contributed by atoms with Gasteiger partial charge in [0.15, 0.2) is 5.78 Å². The predicted octanol–water partition coefficient (Wildman–Crippen LogP) is 7.71. The number of hydrogen-bond donors (Lipinski definition) is 1. The second-order valence-electron chi connectivity index (χ2n) is 17.1. The molecule has 0 aliphatic carbocycles. The molecule has 64 heavy (non-hydrogen) atoms. The lowest BCUT2D eigenvalue weighted by atomic mass is 9.80. The number of aliphatic hydroxyl groups is 1. The van der Waals surface area contributed by atoms with Crippen molar-refractivity contribution in [1.82, 2.24) is 29.2 Å². The molecule has 4 atom stereocenters. The van der Waals surface area contributed by atoms with E-state index in [1.54, 1.807) is 54.7 Å². The van der Waals surface area contributed by atoms with Gasteiger partial charge in [-0.1, -0.05) is 35.3 Å². The van der Waals surface area contributed by atoms with Crippen molar-refractivity contribution in [1.29, 1.82) is 0 Å². The Kier molecular flexibility index (Phi) is 15.1. The molecule has 4 aromatic rings. The summed E-state index contributed by atoms with van der Waals surface area (Å²) in [6.07, 6.45) is -5.47. The highest BCUT2D eigenvalue weighted by molar-refractivity contribution is 6.31. The SMILES string of the molecule is C[C@H]1C(=O)C[C@@H](CO)C(=O)N(C)[C@@]2(Cc3ccc(Cl)cc3)CCCN(C2)C(=O)[C@@H](CC(F)(F)F)CC(=O)N1Cc1c(F)cc(Cl)cc1Oc1ccc(-c2cnc(CN(C)C)n2C)cc1. The molecule has 2 fully saturated rings. The summed E-state index contributed by atoms with van der Waals surface area (Å²) < 4.78 is 67.2. The Hall–Kier alpha value is -5.03. The molecule has 2 bridgehead atoms. The van der Waals surface area contributed by atoms with Crippen LogP contribution in [-0.2, 0) is 45.7 Å². The minimum atomic E-state index is -4.88. The highest BCUT2D eigenvalue weighted by Gasteiger charge is 2.47. The molecule has 2 aliphatic rings. The first kappa shape index (κ1) is 48.4. The molecule has 0 radical (unpaired) electrons. The fourth-order valence-electron chi connectivity index (χ4n) is 8.66. The van der Waals surface area contributed by atoms with E-state index in [1.165, 1.54) is 29.8 Å². The number of likely N-dealkylation sites (N-methyl/N-ethyl adjacent to an activating group) is 1. The largest absolute Gasteiger partial charge is 0.457 e. The summed E-state index contributed by atoms with van der Waals surface area (Å²) in [7, 11) is 7.26. The number of ketones is 1. The maximum atomic E-state index is 16.1. The first-order valence-electron chi connectivity index (χ1n) is 20.9. The van der Waals surface area contributed by atoms with E-state index in [0.717, 1.165) is 33.6 Å². The van der Waals surface area contributed by atoms with Gasteiger partial charge >= 0.3 is 6.18 Å². The first-order chi connectivity index (χ1) is 30.2. The normalized spacial score (nSPS) is 21.8. The molecule has 0 unspecified atom stereocenters. The van der Waals surface area contributed by atoms with Crippen LogP contribution in [0.3, 0.4) is 0 Å². The number of halogens is 6. The first-order valence-corrected chi connectivity index (χ1v) is 21.7. The molecular weight excluding hydrogens is 879 g/mol. The molecule has 3 aromatic carbocycles. The highest BCUT2D eigenvalue weighted by atomic mass is 35.5. The smallest absolute Gasteiger partial charge is 0.389 e. The third kappa shape index (κ3) is 11.2. The van der Waals surface area contributed by atoms with Crippen molar-refractivity contribution in [3.63, 3.8) is 0 Å². The van der Waals surface area contributed by atoms with E-state index in [-0.39, 0.29) is 41.6 Å². The molecular formula is C46H52Cl2F4N6O6. The number of aliphatic hydroxyl groups excluding tert-OH is 1. The van der Waals surface area contributed by atoms with E-state index >= 15 is 4.39 Å². The van der Waals surface area contributed by atoms with Gasteiger partial charge in [-0.3, -0.25) is 19.2 Å². The van der Waals surface area contributed by atoms with Crippen LogP contribution in [0.5, 0.6) is 11.5 Å². The molecule has 1 aromatic heterocycles. The van der Waals surface area contributed by atoms with Crippen molar-refractivity contribution in [3.05, 3.63) is 99.7 Å². The zero-order valence-electron chi connectivity index (χ0n) is 36.3. The standard InChI is InChI=1S/C46H52Cl2F4N6O6/c1-28-39(60)17-32(26-59)43(62)56(5)45(21-29-7-11-33(47)12-8-29)15-6-16-57(27-45)44(63)31(22-46(50,51)52)18-42(61)58(28)24-36-37(49)19-34(48)20-40(36)64-35-13-9-30(10-14-35)38-23-53-41(55(38)4)25-54(2)3/h7-14,19-20,23,28,31-32,59H,6,15-18,21-22,24-27H2,1-5H3/t28-,31+,32-,45+/m0/s1. The van der Waals surface area contributed by atoms with Gasteiger partial charge in [-0.05, 0) is 94.4 Å². The predicted molar refractivity (Wildman–Crippen MR) is 233 cm³/mol. The number of imidazole rings is 1. The number of piperidine rings is 1. The molecule has 18 heteroatoms. The molecule has 6 rings (SSSR count). The van der Waals surface area contributed by atoms with Crippen LogP contribution in [0.2, 0.25) is 10.0 Å². The number of nitrogens with zero attached hydrogens (tertiary/aromatic N) is 6. The number of fused-ring (bicyclic) bond motifs is 2. The van der Waals surface area contributed by atoms with Crippen molar-refractivity contribution < 1.29 is 46.6 Å². The summed E-state index contributed by atoms with van der Waals surface area (Å²) in [6, 6.07) is 14.4. The molecule has 1 N–H and O–H groups in total. The van der Waals surface area contributed by atoms with Crippen molar-refractivity contribution >= 4 is 46.7 Å². The Morgan fingerprint density at radius 1 is 0.938 bits per heavy atom. The van der Waals surface area contributed by atoms with Gasteiger partial charge in [0, 0.05) is 61.2 Å². The summed E-state index contributed by atoms with van der Waals surface area (Å²) in [5, 5.41) is 11.0. The molecule has 2 saturated heterocycles. The van der Waals surface area contributed by atoms with Crippen molar-refractivity contribution in [3.8, 4) is 22.8 Å². The fourth-order valence-corrected chi connectivity index (χ4v) is 8.98. The second-order valence-corrected chi connectivity index (χ2v) is 18.0. The zero-order valence-corrected chi connectivity index (χ0v) is 37.8. The van der Waals surface area contributed by atoms with Gasteiger partial charge in [0.05, 0.1) is 61.4 Å². The van der Waals surface area contributed by atoms with Gasteiger partial charge in [0.25, 0.3) is 0 Å². The third-order valence-electron chi connectivity index (χ3n) is 12.2. The van der Waals surface area contributed by atoms with Crippen molar-refractivity contribution in [2.75, 3.05) is 40.8 Å². The van der Waals surface area contributed by atoms with Crippen LogP contribution in [0.25, 0.3) is 11.3 Å². The summed E-state index contributed by atoms with van der Waals surface area (Å²) in [6.45, 7) is 0.374. The van der Waals surface area contributed by atoms with Gasteiger partial charge in [-0.25, -0.2) is 9.37 Å². The Morgan fingerprint density at radius 3 is 2.27 bits per heavy atom. The maximum Gasteiger partial charge on any atom is 0.389 e. The van der Waals surface area contributed by atoms with Gasteiger partial charge in [0.1, 0.15) is 23.1 Å². The lowest BCUT2D eigenvalue weighted by Crippen LogP contribution is -2.63. The maximum absolute atomic E-state index is 16.1. The molecule has 3 amide bonds. The third-order valence-corrected chi connectivity index (χ3v) is 12.7. The lowest BCUT2D eigenvalue weighted by Gasteiger charge is -2.50. The Bertz CT molecular complexity index is 2340. The summed E-state index contributed by atoms with van der Waals surface area (Å²) in [5.41, 5.74) is 0.961. The summed E-state index contributed by atoms with van der Waals surface area (Å²) in [4.78, 5) is 67.4.